The van der Waals surface area contributed by atoms with E-state index in [1.807, 2.05) is 0 Å². The summed E-state index contributed by atoms with van der Waals surface area (Å²) in [4.78, 5) is 0. The Morgan fingerprint density at radius 1 is 1.89 bits per heavy atom. The molecule has 0 aromatic heterocycles. The van der Waals surface area contributed by atoms with Crippen molar-refractivity contribution in [3.05, 3.63) is 11.4 Å². The average Bonchev–Trinajstić information content (AvgIpc) is 2.12. The van der Waals surface area contributed by atoms with E-state index < -0.39 is 11.1 Å². The second-order valence-electron chi connectivity index (χ2n) is 1.11. The SMILES string of the molecule is O=S(O)C1=COCO1.[H-].[Li+]. The molecular formula is C3H5LiO4S. The third kappa shape index (κ3) is 2.41. The summed E-state index contributed by atoms with van der Waals surface area (Å²) >= 11 is -2.03. The summed E-state index contributed by atoms with van der Waals surface area (Å²) in [6.07, 6.45) is 1.12. The number of rotatable bonds is 1. The molecule has 1 N–H and O–H groups in total. The van der Waals surface area contributed by atoms with Crippen molar-refractivity contribution in [1.82, 2.24) is 0 Å². The van der Waals surface area contributed by atoms with E-state index in [9.17, 15) is 4.21 Å². The maximum Gasteiger partial charge on any atom is 1.00 e. The Morgan fingerprint density at radius 3 is 2.78 bits per heavy atom. The predicted molar refractivity (Wildman–Crippen MR) is 27.0 cm³/mol. The van der Waals surface area contributed by atoms with Crippen molar-refractivity contribution in [3.8, 4) is 0 Å². The normalized spacial score (nSPS) is 18.6. The van der Waals surface area contributed by atoms with Gasteiger partial charge in [0, 0.05) is 0 Å². The van der Waals surface area contributed by atoms with Crippen LogP contribution in [0.2, 0.25) is 0 Å². The van der Waals surface area contributed by atoms with E-state index in [1.165, 1.54) is 0 Å². The molecule has 0 aromatic rings. The first-order valence-electron chi connectivity index (χ1n) is 1.86. The molecule has 1 aliphatic heterocycles. The van der Waals surface area contributed by atoms with Crippen molar-refractivity contribution < 1.29 is 38.5 Å². The van der Waals surface area contributed by atoms with Crippen molar-refractivity contribution in [2.45, 2.75) is 0 Å². The summed E-state index contributed by atoms with van der Waals surface area (Å²) in [6, 6.07) is 0. The van der Waals surface area contributed by atoms with Gasteiger partial charge in [-0.25, -0.2) is 4.21 Å². The largest absolute Gasteiger partial charge is 1.00 e. The zero-order chi connectivity index (χ0) is 5.98. The fourth-order valence-corrected chi connectivity index (χ4v) is 0.619. The van der Waals surface area contributed by atoms with Gasteiger partial charge in [-0.15, -0.1) is 0 Å². The van der Waals surface area contributed by atoms with Crippen molar-refractivity contribution in [3.63, 3.8) is 0 Å². The van der Waals surface area contributed by atoms with E-state index in [2.05, 4.69) is 9.47 Å². The molecule has 4 nitrogen and oxygen atoms in total. The van der Waals surface area contributed by atoms with Crippen molar-refractivity contribution in [2.24, 2.45) is 0 Å². The molecule has 0 saturated carbocycles. The summed E-state index contributed by atoms with van der Waals surface area (Å²) in [5, 5.41) is -0.0231. The van der Waals surface area contributed by atoms with Gasteiger partial charge < -0.3 is 10.9 Å². The van der Waals surface area contributed by atoms with Crippen molar-refractivity contribution in [2.75, 3.05) is 6.79 Å². The zero-order valence-electron chi connectivity index (χ0n) is 5.86. The van der Waals surface area contributed by atoms with Gasteiger partial charge >= 0.3 is 18.9 Å². The topological polar surface area (TPSA) is 55.8 Å². The maximum atomic E-state index is 10.0. The van der Waals surface area contributed by atoms with Crippen LogP contribution >= 0.6 is 0 Å². The Morgan fingerprint density at radius 2 is 2.56 bits per heavy atom. The molecule has 0 amide bonds. The van der Waals surface area contributed by atoms with Gasteiger partial charge in [0.25, 0.3) is 0 Å². The third-order valence-corrected chi connectivity index (χ3v) is 1.18. The van der Waals surface area contributed by atoms with Crippen LogP contribution in [0, 0.1) is 0 Å². The van der Waals surface area contributed by atoms with Gasteiger partial charge in [0.15, 0.2) is 0 Å². The first kappa shape index (κ1) is 9.05. The van der Waals surface area contributed by atoms with Crippen LogP contribution in [0.3, 0.4) is 0 Å². The van der Waals surface area contributed by atoms with E-state index in [0.29, 0.717) is 0 Å². The Labute approximate surface area is 68.2 Å². The first-order chi connectivity index (χ1) is 3.80. The molecule has 0 fully saturated rings. The molecule has 0 aromatic carbocycles. The van der Waals surface area contributed by atoms with E-state index in [4.69, 9.17) is 4.55 Å². The average molecular weight is 144 g/mol. The second-order valence-corrected chi connectivity index (χ2v) is 2.02. The molecule has 1 aliphatic rings. The molecule has 0 aliphatic carbocycles. The van der Waals surface area contributed by atoms with Crippen LogP contribution in [0.25, 0.3) is 0 Å². The molecular weight excluding hydrogens is 139 g/mol. The van der Waals surface area contributed by atoms with Gasteiger partial charge in [0.05, 0.1) is 0 Å². The Hall–Kier alpha value is 0.0474. The van der Waals surface area contributed by atoms with Crippen LogP contribution < -0.4 is 18.9 Å². The third-order valence-electron chi connectivity index (χ3n) is 0.621. The molecule has 9 heavy (non-hydrogen) atoms. The van der Waals surface area contributed by atoms with Gasteiger partial charge in [0.1, 0.15) is 6.26 Å². The van der Waals surface area contributed by atoms with E-state index in [-0.39, 0.29) is 32.2 Å². The quantitative estimate of drug-likeness (QED) is 0.317. The van der Waals surface area contributed by atoms with E-state index >= 15 is 0 Å². The molecule has 6 heteroatoms. The summed E-state index contributed by atoms with van der Waals surface area (Å²) in [5.74, 6) is 0. The molecule has 1 rings (SSSR count). The molecule has 0 bridgehead atoms. The molecule has 1 atom stereocenters. The van der Waals surface area contributed by atoms with Gasteiger partial charge in [-0.3, -0.25) is 4.55 Å². The minimum Gasteiger partial charge on any atom is -1.00 e. The molecule has 48 valence electrons. The monoisotopic (exact) mass is 144 g/mol. The predicted octanol–water partition coefficient (Wildman–Crippen LogP) is -2.87. The van der Waals surface area contributed by atoms with E-state index in [1.54, 1.807) is 0 Å². The molecule has 1 unspecified atom stereocenters. The van der Waals surface area contributed by atoms with Crippen LogP contribution in [0.1, 0.15) is 1.43 Å². The minimum absolute atomic E-state index is 0. The van der Waals surface area contributed by atoms with Gasteiger partial charge in [0.2, 0.25) is 23.0 Å². The zero-order valence-corrected chi connectivity index (χ0v) is 5.68. The minimum atomic E-state index is -2.03. The van der Waals surface area contributed by atoms with Crippen LogP contribution in [-0.4, -0.2) is 15.6 Å². The van der Waals surface area contributed by atoms with Gasteiger partial charge in [-0.05, 0) is 0 Å². The van der Waals surface area contributed by atoms with E-state index in [0.717, 1.165) is 6.26 Å². The fourth-order valence-electron chi connectivity index (χ4n) is 0.320. The van der Waals surface area contributed by atoms with Crippen LogP contribution in [0.15, 0.2) is 11.4 Å². The van der Waals surface area contributed by atoms with Gasteiger partial charge in [-0.2, -0.15) is 0 Å². The fraction of sp³-hybridized carbons (Fsp3) is 0.333. The van der Waals surface area contributed by atoms with Crippen LogP contribution in [0.5, 0.6) is 0 Å². The molecule has 0 spiro atoms. The standard InChI is InChI=1S/C3H4O4S.Li.H/c4-8(5)3-1-6-2-7-3;;/h1H,2H2,(H,4,5);;/q;+1;-1. The van der Waals surface area contributed by atoms with Crippen molar-refractivity contribution >= 4 is 11.1 Å². The first-order valence-corrected chi connectivity index (χ1v) is 2.97. The second kappa shape index (κ2) is 3.96. The van der Waals surface area contributed by atoms with Gasteiger partial charge in [-0.1, -0.05) is 0 Å². The van der Waals surface area contributed by atoms with Crippen molar-refractivity contribution in [1.29, 1.82) is 0 Å². The summed E-state index contributed by atoms with van der Waals surface area (Å²) in [6.45, 7) is 0.0433. The Kier molecular flexibility index (Phi) is 3.98. The Bertz CT molecular complexity index is 149. The summed E-state index contributed by atoms with van der Waals surface area (Å²) in [7, 11) is 0. The summed E-state index contributed by atoms with van der Waals surface area (Å²) in [5.41, 5.74) is 0. The maximum absolute atomic E-state index is 10.0. The summed E-state index contributed by atoms with van der Waals surface area (Å²) < 4.78 is 27.3. The molecule has 0 saturated heterocycles. The smallest absolute Gasteiger partial charge is 1.00 e. The molecule has 0 radical (unpaired) electrons. The van der Waals surface area contributed by atoms with Crippen LogP contribution in [0.4, 0.5) is 0 Å². The number of hydrogen-bond donors (Lipinski definition) is 1. The number of hydrogen-bond acceptors (Lipinski definition) is 3. The van der Waals surface area contributed by atoms with Crippen LogP contribution in [-0.2, 0) is 20.6 Å². The number of ether oxygens (including phenoxy) is 2. The molecule has 1 heterocycles. The Balaban J connectivity index is 0.